The van der Waals surface area contributed by atoms with Crippen molar-refractivity contribution in [3.63, 3.8) is 0 Å². The fourth-order valence-corrected chi connectivity index (χ4v) is 4.40. The molecule has 1 aliphatic carbocycles. The van der Waals surface area contributed by atoms with Crippen LogP contribution < -0.4 is 16.2 Å². The minimum atomic E-state index is -0.314. The maximum Gasteiger partial charge on any atom is 0.315 e. The van der Waals surface area contributed by atoms with Crippen LogP contribution in [-0.4, -0.2) is 49.6 Å². The molecule has 9 heteroatoms. The standard InChI is InChI=1S/C22H29N7O2/c1-28(15-17-8-4-2-5-9-17)22(10-6-3-7-11-22)16-25-21(31)24-14-18-26-27-19-20(30)23-12-13-29(18)19/h2,4-5,8-9,12-13H,3,6-7,10-11,14-16H2,1H3,(H,23,30)(H2,24,25,31). The number of nitrogens with one attached hydrogen (secondary N) is 3. The number of hydrogen-bond acceptors (Lipinski definition) is 5. The summed E-state index contributed by atoms with van der Waals surface area (Å²) in [5, 5.41) is 13.8. The van der Waals surface area contributed by atoms with Gasteiger partial charge in [-0.3, -0.25) is 14.1 Å². The number of amides is 2. The van der Waals surface area contributed by atoms with Gasteiger partial charge in [0, 0.05) is 31.0 Å². The lowest BCUT2D eigenvalue weighted by atomic mass is 9.80. The van der Waals surface area contributed by atoms with Crippen molar-refractivity contribution in [2.24, 2.45) is 0 Å². The molecule has 31 heavy (non-hydrogen) atoms. The van der Waals surface area contributed by atoms with Crippen LogP contribution in [0.2, 0.25) is 0 Å². The molecule has 0 bridgehead atoms. The lowest BCUT2D eigenvalue weighted by Crippen LogP contribution is -2.56. The van der Waals surface area contributed by atoms with E-state index in [4.69, 9.17) is 0 Å². The fraction of sp³-hybridized carbons (Fsp3) is 0.455. The Kier molecular flexibility index (Phi) is 6.31. The Morgan fingerprint density at radius 1 is 1.16 bits per heavy atom. The largest absolute Gasteiger partial charge is 0.336 e. The SMILES string of the molecule is CN(Cc1ccccc1)C1(CNC(=O)NCc2nnc3c(=O)[nH]ccn23)CCCCC1. The first-order valence-corrected chi connectivity index (χ1v) is 10.8. The van der Waals surface area contributed by atoms with E-state index in [9.17, 15) is 9.59 Å². The zero-order chi connectivity index (χ0) is 21.7. The third-order valence-electron chi connectivity index (χ3n) is 6.25. The molecule has 3 aromatic rings. The van der Waals surface area contributed by atoms with Crippen LogP contribution in [0.5, 0.6) is 0 Å². The Bertz CT molecular complexity index is 1070. The van der Waals surface area contributed by atoms with Crippen molar-refractivity contribution < 1.29 is 4.79 Å². The van der Waals surface area contributed by atoms with E-state index in [0.717, 1.165) is 19.4 Å². The van der Waals surface area contributed by atoms with Crippen molar-refractivity contribution in [3.05, 3.63) is 64.5 Å². The second kappa shape index (κ2) is 9.30. The van der Waals surface area contributed by atoms with Crippen LogP contribution in [0.25, 0.3) is 5.65 Å². The topological polar surface area (TPSA) is 107 Å². The van der Waals surface area contributed by atoms with Crippen LogP contribution in [0.4, 0.5) is 4.79 Å². The highest BCUT2D eigenvalue weighted by molar-refractivity contribution is 5.73. The van der Waals surface area contributed by atoms with Crippen molar-refractivity contribution in [2.75, 3.05) is 13.6 Å². The average molecular weight is 424 g/mol. The molecule has 1 aromatic carbocycles. The monoisotopic (exact) mass is 423 g/mol. The zero-order valence-electron chi connectivity index (χ0n) is 17.8. The van der Waals surface area contributed by atoms with Gasteiger partial charge in [0.25, 0.3) is 5.56 Å². The Morgan fingerprint density at radius 2 is 1.94 bits per heavy atom. The van der Waals surface area contributed by atoms with Crippen LogP contribution in [0.15, 0.2) is 47.5 Å². The second-order valence-electron chi connectivity index (χ2n) is 8.26. The van der Waals surface area contributed by atoms with Crippen molar-refractivity contribution >= 4 is 11.7 Å². The summed E-state index contributed by atoms with van der Waals surface area (Å²) in [7, 11) is 2.15. The Balaban J connectivity index is 1.37. The van der Waals surface area contributed by atoms with E-state index < -0.39 is 0 Å². The molecule has 2 amide bonds. The number of likely N-dealkylation sites (N-methyl/N-ethyl adjacent to an activating group) is 1. The Labute approximate surface area is 180 Å². The molecule has 3 N–H and O–H groups in total. The van der Waals surface area contributed by atoms with Crippen molar-refractivity contribution in [3.8, 4) is 0 Å². The highest BCUT2D eigenvalue weighted by Gasteiger charge is 2.36. The maximum atomic E-state index is 12.5. The number of urea groups is 1. The molecule has 0 aliphatic heterocycles. The van der Waals surface area contributed by atoms with Crippen LogP contribution in [0, 0.1) is 0 Å². The van der Waals surface area contributed by atoms with Gasteiger partial charge in [0.05, 0.1) is 6.54 Å². The number of carbonyl (C=O) groups excluding carboxylic acids is 1. The third-order valence-corrected chi connectivity index (χ3v) is 6.25. The molecular formula is C22H29N7O2. The van der Waals surface area contributed by atoms with Crippen molar-refractivity contribution in [1.82, 2.24) is 35.1 Å². The van der Waals surface area contributed by atoms with E-state index in [2.05, 4.69) is 62.0 Å². The van der Waals surface area contributed by atoms with Gasteiger partial charge in [-0.1, -0.05) is 49.6 Å². The van der Waals surface area contributed by atoms with Crippen LogP contribution >= 0.6 is 0 Å². The number of nitrogens with zero attached hydrogens (tertiary/aromatic N) is 4. The first-order valence-electron chi connectivity index (χ1n) is 10.8. The van der Waals surface area contributed by atoms with E-state index in [0.29, 0.717) is 12.4 Å². The Morgan fingerprint density at radius 3 is 2.71 bits per heavy atom. The summed E-state index contributed by atoms with van der Waals surface area (Å²) in [6.07, 6.45) is 8.90. The van der Waals surface area contributed by atoms with Crippen molar-refractivity contribution in [1.29, 1.82) is 0 Å². The fourth-order valence-electron chi connectivity index (χ4n) is 4.40. The molecular weight excluding hydrogens is 394 g/mol. The van der Waals surface area contributed by atoms with Crippen LogP contribution in [-0.2, 0) is 13.1 Å². The van der Waals surface area contributed by atoms with Gasteiger partial charge in [-0.15, -0.1) is 10.2 Å². The van der Waals surface area contributed by atoms with Gasteiger partial charge in [-0.05, 0) is 25.5 Å². The summed E-state index contributed by atoms with van der Waals surface area (Å²) in [6, 6.07) is 10.2. The first-order chi connectivity index (χ1) is 15.1. The summed E-state index contributed by atoms with van der Waals surface area (Å²) >= 11 is 0. The molecule has 0 saturated heterocycles. The summed E-state index contributed by atoms with van der Waals surface area (Å²) in [6.45, 7) is 1.62. The normalized spacial score (nSPS) is 15.8. The maximum absolute atomic E-state index is 12.5. The number of fused-ring (bicyclic) bond motifs is 1. The number of aromatic amines is 1. The summed E-state index contributed by atoms with van der Waals surface area (Å²) in [5.74, 6) is 0.504. The molecule has 1 aliphatic rings. The first kappa shape index (κ1) is 21.0. The van der Waals surface area contributed by atoms with Gasteiger partial charge >= 0.3 is 6.03 Å². The predicted octanol–water partition coefficient (Wildman–Crippen LogP) is 2.05. The number of H-pyrrole nitrogens is 1. The molecule has 0 atom stereocenters. The number of benzene rings is 1. The molecule has 4 rings (SSSR count). The minimum Gasteiger partial charge on any atom is -0.336 e. The molecule has 0 spiro atoms. The molecule has 2 aromatic heterocycles. The average Bonchev–Trinajstić information content (AvgIpc) is 3.22. The van der Waals surface area contributed by atoms with Gasteiger partial charge < -0.3 is 15.6 Å². The molecule has 1 fully saturated rings. The highest BCUT2D eigenvalue weighted by Crippen LogP contribution is 2.33. The molecule has 2 heterocycles. The summed E-state index contributed by atoms with van der Waals surface area (Å²) in [4.78, 5) is 29.2. The van der Waals surface area contributed by atoms with Gasteiger partial charge in [0.15, 0.2) is 5.82 Å². The lowest BCUT2D eigenvalue weighted by molar-refractivity contribution is 0.0693. The zero-order valence-corrected chi connectivity index (χ0v) is 17.8. The second-order valence-corrected chi connectivity index (χ2v) is 8.26. The third kappa shape index (κ3) is 4.77. The summed E-state index contributed by atoms with van der Waals surface area (Å²) in [5.41, 5.74) is 1.11. The van der Waals surface area contributed by atoms with Gasteiger partial charge in [0.1, 0.15) is 0 Å². The molecule has 0 radical (unpaired) electrons. The van der Waals surface area contributed by atoms with Gasteiger partial charge in [-0.25, -0.2) is 4.79 Å². The van der Waals surface area contributed by atoms with Crippen LogP contribution in [0.3, 0.4) is 0 Å². The van der Waals surface area contributed by atoms with Gasteiger partial charge in [0.2, 0.25) is 5.65 Å². The number of aromatic nitrogens is 4. The molecule has 0 unspecified atom stereocenters. The van der Waals surface area contributed by atoms with E-state index in [1.54, 1.807) is 10.6 Å². The van der Waals surface area contributed by atoms with E-state index in [-0.39, 0.29) is 29.3 Å². The van der Waals surface area contributed by atoms with Crippen molar-refractivity contribution in [2.45, 2.75) is 50.7 Å². The number of carbonyl (C=O) groups is 1. The molecule has 9 nitrogen and oxygen atoms in total. The predicted molar refractivity (Wildman–Crippen MR) is 118 cm³/mol. The van der Waals surface area contributed by atoms with Gasteiger partial charge in [-0.2, -0.15) is 0 Å². The molecule has 1 saturated carbocycles. The summed E-state index contributed by atoms with van der Waals surface area (Å²) < 4.78 is 1.58. The number of hydrogen-bond donors (Lipinski definition) is 3. The van der Waals surface area contributed by atoms with E-state index >= 15 is 0 Å². The van der Waals surface area contributed by atoms with E-state index in [1.807, 2.05) is 6.07 Å². The highest BCUT2D eigenvalue weighted by atomic mass is 16.2. The lowest BCUT2D eigenvalue weighted by Gasteiger charge is -2.45. The smallest absolute Gasteiger partial charge is 0.315 e. The van der Waals surface area contributed by atoms with E-state index in [1.165, 1.54) is 31.0 Å². The molecule has 164 valence electrons. The van der Waals surface area contributed by atoms with Crippen LogP contribution in [0.1, 0.15) is 43.5 Å². The Hall–Kier alpha value is -3.20. The minimum absolute atomic E-state index is 0.0553. The number of rotatable bonds is 7. The quantitative estimate of drug-likeness (QED) is 0.539.